The Hall–Kier alpha value is -3.85. The van der Waals surface area contributed by atoms with Crippen molar-refractivity contribution in [3.8, 4) is 11.3 Å². The summed E-state index contributed by atoms with van der Waals surface area (Å²) in [6.07, 6.45) is -2.32. The number of rotatable bonds is 9. The summed E-state index contributed by atoms with van der Waals surface area (Å²) in [5, 5.41) is 61.4. The number of anilines is 1. The van der Waals surface area contributed by atoms with Crippen LogP contribution in [0.3, 0.4) is 0 Å². The van der Waals surface area contributed by atoms with Crippen molar-refractivity contribution in [2.75, 3.05) is 18.5 Å². The van der Waals surface area contributed by atoms with Crippen LogP contribution in [-0.4, -0.2) is 95.9 Å². The van der Waals surface area contributed by atoms with Crippen LogP contribution in [-0.2, 0) is 19.1 Å². The van der Waals surface area contributed by atoms with Gasteiger partial charge >= 0.3 is 5.97 Å². The maximum atomic E-state index is 11.9. The largest absolute Gasteiger partial charge is 0.478 e. The first-order valence-electron chi connectivity index (χ1n) is 10.4. The molecule has 1 aliphatic heterocycles. The highest BCUT2D eigenvalue weighted by atomic mass is 16.5. The number of ether oxygens (including phenoxy) is 1. The molecule has 0 aliphatic carbocycles. The highest BCUT2D eigenvalue weighted by Crippen LogP contribution is 2.32. The summed E-state index contributed by atoms with van der Waals surface area (Å²) >= 11 is 0. The van der Waals surface area contributed by atoms with Gasteiger partial charge in [-0.2, -0.15) is 0 Å². The molecule has 0 saturated carbocycles. The summed E-state index contributed by atoms with van der Waals surface area (Å²) < 4.78 is 6.59. The van der Waals surface area contributed by atoms with Gasteiger partial charge in [-0.3, -0.25) is 9.59 Å². The molecule has 5 atom stereocenters. The molecule has 2 aromatic rings. The van der Waals surface area contributed by atoms with Crippen molar-refractivity contribution in [1.29, 1.82) is 0 Å². The van der Waals surface area contributed by atoms with E-state index in [9.17, 15) is 34.8 Å². The zero-order valence-corrected chi connectivity index (χ0v) is 18.5. The number of aliphatic hydroxyl groups excluding tert-OH is 4. The Bertz CT molecular complexity index is 1120. The molecule has 2 heterocycles. The Morgan fingerprint density at radius 3 is 2.54 bits per heavy atom. The zero-order valence-electron chi connectivity index (χ0n) is 18.5. The van der Waals surface area contributed by atoms with Gasteiger partial charge in [0.25, 0.3) is 0 Å². The highest BCUT2D eigenvalue weighted by molar-refractivity contribution is 5.95. The van der Waals surface area contributed by atoms with Crippen molar-refractivity contribution in [2.45, 2.75) is 37.3 Å². The number of nitrogens with one attached hydrogen (secondary N) is 2. The number of benzene rings is 1. The highest BCUT2D eigenvalue weighted by Gasteiger charge is 2.44. The lowest BCUT2D eigenvalue weighted by molar-refractivity contribution is -0.147. The van der Waals surface area contributed by atoms with Crippen LogP contribution in [0.2, 0.25) is 0 Å². The molecule has 14 heteroatoms. The van der Waals surface area contributed by atoms with Crippen LogP contribution in [0.1, 0.15) is 13.0 Å². The summed E-state index contributed by atoms with van der Waals surface area (Å²) in [7, 11) is 0. The average molecular weight is 491 g/mol. The second-order valence-electron chi connectivity index (χ2n) is 7.71. The molecule has 2 amide bonds. The first kappa shape index (κ1) is 25.8. The summed E-state index contributed by atoms with van der Waals surface area (Å²) in [5.41, 5.74) is 1.05. The fourth-order valence-corrected chi connectivity index (χ4v) is 3.64. The van der Waals surface area contributed by atoms with Crippen LogP contribution in [0.4, 0.5) is 5.69 Å². The van der Waals surface area contributed by atoms with E-state index in [1.807, 2.05) is 0 Å². The van der Waals surface area contributed by atoms with Gasteiger partial charge in [-0.25, -0.2) is 9.48 Å². The van der Waals surface area contributed by atoms with E-state index in [1.54, 1.807) is 24.3 Å². The van der Waals surface area contributed by atoms with Gasteiger partial charge in [0.2, 0.25) is 17.6 Å². The fraction of sp³-hybridized carbons (Fsp3) is 0.381. The number of para-hydroxylation sites is 1. The van der Waals surface area contributed by atoms with E-state index in [-0.39, 0.29) is 5.69 Å². The predicted molar refractivity (Wildman–Crippen MR) is 118 cm³/mol. The Kier molecular flexibility index (Phi) is 8.14. The third kappa shape index (κ3) is 5.81. The molecule has 0 radical (unpaired) electrons. The summed E-state index contributed by atoms with van der Waals surface area (Å²) in [6, 6.07) is 4.41. The number of nitrogens with zero attached hydrogens (tertiary/aromatic N) is 3. The van der Waals surface area contributed by atoms with Crippen LogP contribution in [0.5, 0.6) is 0 Å². The summed E-state index contributed by atoms with van der Waals surface area (Å²) in [4.78, 5) is 35.3. The molecule has 1 aromatic heterocycles. The van der Waals surface area contributed by atoms with Crippen LogP contribution >= 0.6 is 0 Å². The molecule has 0 fully saturated rings. The molecule has 0 bridgehead atoms. The van der Waals surface area contributed by atoms with Crippen molar-refractivity contribution in [1.82, 2.24) is 20.3 Å². The van der Waals surface area contributed by atoms with Gasteiger partial charge in [-0.15, -0.1) is 5.10 Å². The Morgan fingerprint density at radius 2 is 1.91 bits per heavy atom. The smallest absolute Gasteiger partial charge is 0.370 e. The van der Waals surface area contributed by atoms with E-state index in [2.05, 4.69) is 20.9 Å². The molecule has 0 saturated heterocycles. The third-order valence-electron chi connectivity index (χ3n) is 5.24. The summed E-state index contributed by atoms with van der Waals surface area (Å²) in [5.74, 6) is -3.22. The number of aromatic nitrogens is 3. The number of carboxylic acids is 1. The van der Waals surface area contributed by atoms with Crippen LogP contribution in [0, 0.1) is 0 Å². The number of carbonyl (C=O) groups excluding carboxylic acids is 2. The van der Waals surface area contributed by atoms with E-state index < -0.39 is 67.2 Å². The number of carbonyl (C=O) groups is 3. The Morgan fingerprint density at radius 1 is 1.20 bits per heavy atom. The molecular formula is C21H25N5O9. The Labute approximate surface area is 198 Å². The molecule has 7 N–H and O–H groups in total. The van der Waals surface area contributed by atoms with E-state index in [4.69, 9.17) is 9.84 Å². The standard InChI is InChI=1S/C21H25N5O9/c1-10(29)22-18-14(6-16(21(33)34)35-20(18)19(32)15(30)8-27)26-7-13(24-25-26)11-4-2-3-5-12(11)23-17(31)9-28/h2-7,14-15,18-20,27-28,30,32H,8-9H2,1H3,(H,22,29)(H,23,31)(H,33,34)/t14-,15+,18+,19+,20+/m0/s1. The molecule has 1 aromatic carbocycles. The van der Waals surface area contributed by atoms with Gasteiger partial charge in [0.05, 0.1) is 30.6 Å². The molecule has 0 unspecified atom stereocenters. The number of hydrogen-bond acceptors (Lipinski definition) is 10. The number of hydrogen-bond donors (Lipinski definition) is 7. The van der Waals surface area contributed by atoms with E-state index in [0.29, 0.717) is 11.3 Å². The lowest BCUT2D eigenvalue weighted by Crippen LogP contribution is -2.58. The van der Waals surface area contributed by atoms with Crippen molar-refractivity contribution in [3.63, 3.8) is 0 Å². The van der Waals surface area contributed by atoms with Crippen molar-refractivity contribution in [2.24, 2.45) is 0 Å². The van der Waals surface area contributed by atoms with Gasteiger partial charge in [-0.05, 0) is 12.1 Å². The van der Waals surface area contributed by atoms with Gasteiger partial charge < -0.3 is 40.9 Å². The first-order valence-corrected chi connectivity index (χ1v) is 10.4. The molecular weight excluding hydrogens is 466 g/mol. The topological polar surface area (TPSA) is 216 Å². The molecule has 14 nitrogen and oxygen atoms in total. The van der Waals surface area contributed by atoms with Crippen molar-refractivity contribution in [3.05, 3.63) is 42.3 Å². The van der Waals surface area contributed by atoms with Gasteiger partial charge in [-0.1, -0.05) is 23.4 Å². The summed E-state index contributed by atoms with van der Waals surface area (Å²) in [6.45, 7) is -0.367. The van der Waals surface area contributed by atoms with Crippen molar-refractivity contribution >= 4 is 23.5 Å². The second-order valence-corrected chi connectivity index (χ2v) is 7.71. The van der Waals surface area contributed by atoms with E-state index in [1.165, 1.54) is 17.8 Å². The van der Waals surface area contributed by atoms with E-state index >= 15 is 0 Å². The number of amides is 2. The number of carboxylic acid groups (broad SMARTS) is 1. The van der Waals surface area contributed by atoms with Crippen LogP contribution in [0.25, 0.3) is 11.3 Å². The second kappa shape index (κ2) is 11.1. The SMILES string of the molecule is CC(=O)N[C@H]1[C@H]([C@H](O)[C@H](O)CO)OC(C(=O)O)=C[C@@H]1n1cc(-c2ccccc2NC(=O)CO)nn1. The predicted octanol–water partition coefficient (Wildman–Crippen LogP) is -2.00. The quantitative estimate of drug-likeness (QED) is 0.204. The minimum Gasteiger partial charge on any atom is -0.478 e. The minimum absolute atomic E-state index is 0.268. The third-order valence-corrected chi connectivity index (χ3v) is 5.24. The first-order chi connectivity index (χ1) is 16.7. The van der Waals surface area contributed by atoms with Gasteiger partial charge in [0.15, 0.2) is 0 Å². The van der Waals surface area contributed by atoms with Crippen LogP contribution < -0.4 is 10.6 Å². The minimum atomic E-state index is -1.76. The number of aliphatic hydroxyl groups is 4. The monoisotopic (exact) mass is 491 g/mol. The average Bonchev–Trinajstić information content (AvgIpc) is 3.32. The molecule has 0 spiro atoms. The normalized spacial score (nSPS) is 21.3. The fourth-order valence-electron chi connectivity index (χ4n) is 3.64. The molecule has 35 heavy (non-hydrogen) atoms. The maximum absolute atomic E-state index is 11.9. The lowest BCUT2D eigenvalue weighted by atomic mass is 9.92. The zero-order chi connectivity index (χ0) is 25.7. The van der Waals surface area contributed by atoms with Crippen molar-refractivity contribution < 1.29 is 44.7 Å². The molecule has 1 aliphatic rings. The van der Waals surface area contributed by atoms with Gasteiger partial charge in [0, 0.05) is 12.5 Å². The van der Waals surface area contributed by atoms with E-state index in [0.717, 1.165) is 6.08 Å². The Balaban J connectivity index is 2.05. The lowest BCUT2D eigenvalue weighted by Gasteiger charge is -2.39. The molecule has 188 valence electrons. The molecule has 3 rings (SSSR count). The maximum Gasteiger partial charge on any atom is 0.370 e. The number of aliphatic carboxylic acids is 1. The van der Waals surface area contributed by atoms with Gasteiger partial charge in [0.1, 0.15) is 30.6 Å². The van der Waals surface area contributed by atoms with Crippen LogP contribution in [0.15, 0.2) is 42.3 Å².